The van der Waals surface area contributed by atoms with Gasteiger partial charge in [0.15, 0.2) is 0 Å². The fraction of sp³-hybridized carbons (Fsp3) is 0.385. The largest absolute Gasteiger partial charge is 0.347 e. The van der Waals surface area contributed by atoms with E-state index < -0.39 is 0 Å². The van der Waals surface area contributed by atoms with Crippen molar-refractivity contribution < 1.29 is 4.79 Å². The Labute approximate surface area is 145 Å². The van der Waals surface area contributed by atoms with Crippen LogP contribution in [0.15, 0.2) is 24.0 Å². The van der Waals surface area contributed by atoms with Crippen molar-refractivity contribution in [1.29, 1.82) is 0 Å². The number of aromatic nitrogens is 3. The molecule has 0 spiro atoms. The van der Waals surface area contributed by atoms with Gasteiger partial charge in [-0.25, -0.2) is 4.98 Å². The predicted octanol–water partition coefficient (Wildman–Crippen LogP) is 1.93. The van der Waals surface area contributed by atoms with Crippen LogP contribution in [0, 0.1) is 0 Å². The van der Waals surface area contributed by atoms with Crippen LogP contribution in [0.4, 0.5) is 0 Å². The Hall–Kier alpha value is -1.28. The highest BCUT2D eigenvalue weighted by molar-refractivity contribution is 7.13. The topological polar surface area (TPSA) is 79.8 Å². The molecule has 1 aliphatic rings. The first-order valence-electron chi connectivity index (χ1n) is 6.56. The van der Waals surface area contributed by atoms with E-state index in [1.807, 2.05) is 0 Å². The van der Waals surface area contributed by atoms with Crippen molar-refractivity contribution in [2.24, 2.45) is 0 Å². The zero-order valence-corrected chi connectivity index (χ0v) is 14.1. The Morgan fingerprint density at radius 3 is 2.91 bits per heavy atom. The highest BCUT2D eigenvalue weighted by atomic mass is 35.5. The summed E-state index contributed by atoms with van der Waals surface area (Å²) >= 11 is 1.40. The Morgan fingerprint density at radius 2 is 2.23 bits per heavy atom. The van der Waals surface area contributed by atoms with Crippen molar-refractivity contribution in [3.8, 4) is 10.7 Å². The van der Waals surface area contributed by atoms with E-state index in [4.69, 9.17) is 0 Å². The molecule has 0 bridgehead atoms. The minimum Gasteiger partial charge on any atom is -0.347 e. The lowest BCUT2D eigenvalue weighted by molar-refractivity contribution is 0.0926. The van der Waals surface area contributed by atoms with Crippen molar-refractivity contribution in [3.05, 3.63) is 29.7 Å². The van der Waals surface area contributed by atoms with Gasteiger partial charge in [0, 0.05) is 30.4 Å². The first-order chi connectivity index (χ1) is 9.83. The van der Waals surface area contributed by atoms with E-state index in [1.165, 1.54) is 11.3 Å². The second kappa shape index (κ2) is 8.99. The second-order valence-electron chi connectivity index (χ2n) is 4.65. The molecule has 0 saturated carbocycles. The average molecular weight is 362 g/mol. The maximum Gasteiger partial charge on any atom is 0.271 e. The third kappa shape index (κ3) is 4.61. The fourth-order valence-corrected chi connectivity index (χ4v) is 2.90. The third-order valence-corrected chi connectivity index (χ3v) is 4.02. The number of nitrogens with zero attached hydrogens (tertiary/aromatic N) is 3. The van der Waals surface area contributed by atoms with Crippen molar-refractivity contribution in [3.63, 3.8) is 0 Å². The summed E-state index contributed by atoms with van der Waals surface area (Å²) in [5, 5.41) is 8.75. The molecule has 9 heteroatoms. The maximum absolute atomic E-state index is 12.1. The van der Waals surface area contributed by atoms with Gasteiger partial charge in [-0.15, -0.1) is 36.2 Å². The first-order valence-corrected chi connectivity index (χ1v) is 7.44. The van der Waals surface area contributed by atoms with Gasteiger partial charge in [-0.2, -0.15) is 0 Å². The zero-order valence-electron chi connectivity index (χ0n) is 11.7. The van der Waals surface area contributed by atoms with Crippen LogP contribution >= 0.6 is 36.2 Å². The molecule has 3 rings (SSSR count). The molecular weight excluding hydrogens is 345 g/mol. The minimum atomic E-state index is -0.120. The van der Waals surface area contributed by atoms with Crippen molar-refractivity contribution in [1.82, 2.24) is 25.6 Å². The van der Waals surface area contributed by atoms with Crippen LogP contribution in [-0.2, 0) is 0 Å². The molecule has 2 aromatic heterocycles. The van der Waals surface area contributed by atoms with E-state index in [2.05, 4.69) is 25.6 Å². The van der Waals surface area contributed by atoms with Gasteiger partial charge in [0.05, 0.1) is 6.20 Å². The Balaban J connectivity index is 0.00000121. The number of hydrogen-bond donors (Lipinski definition) is 2. The lowest BCUT2D eigenvalue weighted by atomic mass is 10.1. The summed E-state index contributed by atoms with van der Waals surface area (Å²) < 4.78 is 0. The number of carbonyl (C=O) groups is 1. The van der Waals surface area contributed by atoms with Crippen molar-refractivity contribution in [2.45, 2.75) is 18.9 Å². The smallest absolute Gasteiger partial charge is 0.271 e. The standard InChI is InChI=1S/C13H15N5OS.2ClH/c19-12(17-9-2-1-3-14-6-9)11-8-20-13(18-11)10-7-15-4-5-16-10;;/h4-5,7-9,14H,1-3,6H2,(H,17,19);2*1H/t9-;;/m0../s1. The molecule has 0 aliphatic carbocycles. The van der Waals surface area contributed by atoms with Crippen LogP contribution in [0.5, 0.6) is 0 Å². The van der Waals surface area contributed by atoms with Gasteiger partial charge in [0.1, 0.15) is 16.4 Å². The van der Waals surface area contributed by atoms with Crippen molar-refractivity contribution >= 4 is 42.1 Å². The number of carbonyl (C=O) groups excluding carboxylic acids is 1. The molecule has 1 saturated heterocycles. The summed E-state index contributed by atoms with van der Waals surface area (Å²) in [6.45, 7) is 1.85. The van der Waals surface area contributed by atoms with E-state index in [0.29, 0.717) is 16.4 Å². The molecule has 22 heavy (non-hydrogen) atoms. The monoisotopic (exact) mass is 361 g/mol. The Bertz CT molecular complexity index is 589. The van der Waals surface area contributed by atoms with Gasteiger partial charge in [0.2, 0.25) is 0 Å². The number of nitrogens with one attached hydrogen (secondary N) is 2. The fourth-order valence-electron chi connectivity index (χ4n) is 2.14. The van der Waals surface area contributed by atoms with Gasteiger partial charge < -0.3 is 10.6 Å². The molecule has 120 valence electrons. The summed E-state index contributed by atoms with van der Waals surface area (Å²) in [5.74, 6) is -0.120. The van der Waals surface area contributed by atoms with Gasteiger partial charge >= 0.3 is 0 Å². The summed E-state index contributed by atoms with van der Waals surface area (Å²) in [6.07, 6.45) is 6.98. The lowest BCUT2D eigenvalue weighted by Crippen LogP contribution is -2.45. The van der Waals surface area contributed by atoms with E-state index in [1.54, 1.807) is 24.0 Å². The van der Waals surface area contributed by atoms with Gasteiger partial charge in [-0.1, -0.05) is 0 Å². The van der Waals surface area contributed by atoms with Gasteiger partial charge in [-0.3, -0.25) is 14.8 Å². The molecular formula is C13H17Cl2N5OS. The first kappa shape index (κ1) is 18.8. The van der Waals surface area contributed by atoms with Crippen LogP contribution < -0.4 is 10.6 Å². The molecule has 2 N–H and O–H groups in total. The van der Waals surface area contributed by atoms with Crippen LogP contribution in [0.25, 0.3) is 10.7 Å². The molecule has 1 atom stereocenters. The lowest BCUT2D eigenvalue weighted by Gasteiger charge is -2.23. The number of thiazole rings is 1. The number of halogens is 2. The summed E-state index contributed by atoms with van der Waals surface area (Å²) in [6, 6.07) is 0.193. The van der Waals surface area contributed by atoms with E-state index in [0.717, 1.165) is 25.9 Å². The quantitative estimate of drug-likeness (QED) is 0.872. The second-order valence-corrected chi connectivity index (χ2v) is 5.50. The Morgan fingerprint density at radius 1 is 1.36 bits per heavy atom. The number of amides is 1. The van der Waals surface area contributed by atoms with Gasteiger partial charge in [0.25, 0.3) is 5.91 Å². The number of piperidine rings is 1. The molecule has 0 aromatic carbocycles. The Kier molecular flexibility index (Phi) is 7.67. The molecule has 3 heterocycles. The molecule has 0 radical (unpaired) electrons. The molecule has 1 amide bonds. The van der Waals surface area contributed by atoms with E-state index >= 15 is 0 Å². The molecule has 2 aromatic rings. The van der Waals surface area contributed by atoms with Crippen molar-refractivity contribution in [2.75, 3.05) is 13.1 Å². The van der Waals surface area contributed by atoms with Gasteiger partial charge in [-0.05, 0) is 19.4 Å². The molecule has 6 nitrogen and oxygen atoms in total. The molecule has 1 fully saturated rings. The highest BCUT2D eigenvalue weighted by Crippen LogP contribution is 2.20. The third-order valence-electron chi connectivity index (χ3n) is 3.15. The highest BCUT2D eigenvalue weighted by Gasteiger charge is 2.18. The molecule has 0 unspecified atom stereocenters. The van der Waals surface area contributed by atoms with Crippen LogP contribution in [0.3, 0.4) is 0 Å². The summed E-state index contributed by atoms with van der Waals surface area (Å²) in [4.78, 5) is 24.6. The summed E-state index contributed by atoms with van der Waals surface area (Å²) in [7, 11) is 0. The number of hydrogen-bond acceptors (Lipinski definition) is 6. The minimum absolute atomic E-state index is 0. The maximum atomic E-state index is 12.1. The zero-order chi connectivity index (χ0) is 13.8. The van der Waals surface area contributed by atoms with Crippen LogP contribution in [0.2, 0.25) is 0 Å². The average Bonchev–Trinajstić information content (AvgIpc) is 2.99. The van der Waals surface area contributed by atoms with Crippen LogP contribution in [0.1, 0.15) is 23.3 Å². The van der Waals surface area contributed by atoms with Crippen LogP contribution in [-0.4, -0.2) is 40.0 Å². The predicted molar refractivity (Wildman–Crippen MR) is 91.0 cm³/mol. The summed E-state index contributed by atoms with van der Waals surface area (Å²) in [5.41, 5.74) is 1.14. The molecule has 1 aliphatic heterocycles. The normalized spacial score (nSPS) is 17.0. The van der Waals surface area contributed by atoms with E-state index in [9.17, 15) is 4.79 Å². The SMILES string of the molecule is Cl.Cl.O=C(N[C@H]1CCCNC1)c1csc(-c2cnccn2)n1. The van der Waals surface area contributed by atoms with E-state index in [-0.39, 0.29) is 36.8 Å². The number of rotatable bonds is 3.